The number of carbonyl (C=O) groups is 1. The van der Waals surface area contributed by atoms with Crippen LogP contribution in [-0.4, -0.2) is 21.9 Å². The highest BCUT2D eigenvalue weighted by atomic mass is 79.9. The highest BCUT2D eigenvalue weighted by molar-refractivity contribution is 9.10. The second kappa shape index (κ2) is 9.07. The summed E-state index contributed by atoms with van der Waals surface area (Å²) in [6.07, 6.45) is 0. The molecular formula is C17H13BrClN3O3S. The lowest BCUT2D eigenvalue weighted by atomic mass is 10.3. The Balaban J connectivity index is 1.45. The monoisotopic (exact) mass is 453 g/mol. The first-order valence-electron chi connectivity index (χ1n) is 7.47. The molecule has 0 atom stereocenters. The summed E-state index contributed by atoms with van der Waals surface area (Å²) in [5.41, 5.74) is 0.724. The second-order valence-corrected chi connectivity index (χ2v) is 7.33. The number of aromatic nitrogens is 2. The van der Waals surface area contributed by atoms with Gasteiger partial charge in [-0.05, 0) is 48.5 Å². The Hall–Kier alpha value is -2.03. The van der Waals surface area contributed by atoms with Crippen molar-refractivity contribution in [2.75, 3.05) is 11.1 Å². The fourth-order valence-electron chi connectivity index (χ4n) is 1.89. The van der Waals surface area contributed by atoms with E-state index in [-0.39, 0.29) is 18.3 Å². The van der Waals surface area contributed by atoms with Crippen LogP contribution in [0.5, 0.6) is 5.75 Å². The van der Waals surface area contributed by atoms with Gasteiger partial charge in [0.15, 0.2) is 6.61 Å². The summed E-state index contributed by atoms with van der Waals surface area (Å²) in [7, 11) is 0. The topological polar surface area (TPSA) is 77.2 Å². The minimum Gasteiger partial charge on any atom is -0.484 e. The van der Waals surface area contributed by atoms with E-state index in [9.17, 15) is 4.79 Å². The van der Waals surface area contributed by atoms with E-state index in [2.05, 4.69) is 31.4 Å². The summed E-state index contributed by atoms with van der Waals surface area (Å²) in [6, 6.07) is 14.3. The lowest BCUT2D eigenvalue weighted by Crippen LogP contribution is -2.13. The van der Waals surface area contributed by atoms with Gasteiger partial charge >= 0.3 is 0 Å². The Bertz CT molecular complexity index is 872. The maximum Gasteiger partial charge on any atom is 0.277 e. The molecule has 9 heteroatoms. The molecule has 134 valence electrons. The smallest absolute Gasteiger partial charge is 0.277 e. The Morgan fingerprint density at radius 2 is 1.88 bits per heavy atom. The summed E-state index contributed by atoms with van der Waals surface area (Å²) in [6.45, 7) is 0.139. The zero-order valence-corrected chi connectivity index (χ0v) is 16.5. The molecular weight excluding hydrogens is 442 g/mol. The number of carbonyl (C=O) groups excluding carboxylic acids is 1. The van der Waals surface area contributed by atoms with Crippen molar-refractivity contribution in [1.82, 2.24) is 10.2 Å². The molecule has 1 aromatic heterocycles. The Morgan fingerprint density at radius 1 is 1.15 bits per heavy atom. The van der Waals surface area contributed by atoms with Gasteiger partial charge in [-0.1, -0.05) is 39.3 Å². The average Bonchev–Trinajstić information content (AvgIpc) is 3.09. The number of nitrogens with one attached hydrogen (secondary N) is 1. The normalized spacial score (nSPS) is 10.5. The third-order valence-corrected chi connectivity index (χ3v) is 4.68. The summed E-state index contributed by atoms with van der Waals surface area (Å²) in [4.78, 5) is 11.9. The SMILES string of the molecule is O=C(CSc1nnc(COc2ccc(Cl)cc2)o1)Nc1ccc(Br)cc1. The fraction of sp³-hybridized carbons (Fsp3) is 0.118. The first-order chi connectivity index (χ1) is 12.6. The van der Waals surface area contributed by atoms with Crippen LogP contribution in [0, 0.1) is 0 Å². The molecule has 0 fully saturated rings. The highest BCUT2D eigenvalue weighted by Crippen LogP contribution is 2.20. The van der Waals surface area contributed by atoms with Gasteiger partial charge in [0.1, 0.15) is 5.75 Å². The molecule has 0 aliphatic carbocycles. The molecule has 0 radical (unpaired) electrons. The molecule has 0 unspecified atom stereocenters. The number of benzene rings is 2. The zero-order chi connectivity index (χ0) is 18.4. The zero-order valence-electron chi connectivity index (χ0n) is 13.3. The van der Waals surface area contributed by atoms with Gasteiger partial charge in [0.05, 0.1) is 5.75 Å². The van der Waals surface area contributed by atoms with Crippen LogP contribution in [0.15, 0.2) is 62.6 Å². The predicted molar refractivity (Wildman–Crippen MR) is 104 cm³/mol. The van der Waals surface area contributed by atoms with Crippen LogP contribution in [-0.2, 0) is 11.4 Å². The molecule has 26 heavy (non-hydrogen) atoms. The number of hydrogen-bond acceptors (Lipinski definition) is 6. The van der Waals surface area contributed by atoms with Crippen molar-refractivity contribution in [3.63, 3.8) is 0 Å². The highest BCUT2D eigenvalue weighted by Gasteiger charge is 2.10. The maximum atomic E-state index is 11.9. The third kappa shape index (κ3) is 5.76. The van der Waals surface area contributed by atoms with Gasteiger partial charge < -0.3 is 14.5 Å². The maximum absolute atomic E-state index is 11.9. The standard InChI is InChI=1S/C17H13BrClN3O3S/c18-11-1-5-13(6-2-11)20-15(23)10-26-17-22-21-16(25-17)9-24-14-7-3-12(19)4-8-14/h1-8H,9-10H2,(H,20,23). The molecule has 1 N–H and O–H groups in total. The van der Waals surface area contributed by atoms with Crippen LogP contribution in [0.2, 0.25) is 5.02 Å². The van der Waals surface area contributed by atoms with Gasteiger partial charge in [-0.2, -0.15) is 0 Å². The van der Waals surface area contributed by atoms with Crippen molar-refractivity contribution in [2.24, 2.45) is 0 Å². The van der Waals surface area contributed by atoms with Gasteiger partial charge in [-0.15, -0.1) is 10.2 Å². The van der Waals surface area contributed by atoms with Crippen molar-refractivity contribution in [2.45, 2.75) is 11.8 Å². The van der Waals surface area contributed by atoms with E-state index in [0.717, 1.165) is 21.9 Å². The van der Waals surface area contributed by atoms with Crippen molar-refractivity contribution in [3.05, 3.63) is 63.9 Å². The molecule has 1 amide bonds. The van der Waals surface area contributed by atoms with Crippen LogP contribution < -0.4 is 10.1 Å². The molecule has 0 aliphatic heterocycles. The van der Waals surface area contributed by atoms with E-state index in [1.54, 1.807) is 24.3 Å². The minimum atomic E-state index is -0.158. The van der Waals surface area contributed by atoms with E-state index < -0.39 is 0 Å². The first kappa shape index (κ1) is 18.8. The van der Waals surface area contributed by atoms with Crippen molar-refractivity contribution in [1.29, 1.82) is 0 Å². The Morgan fingerprint density at radius 3 is 2.62 bits per heavy atom. The molecule has 0 aliphatic rings. The van der Waals surface area contributed by atoms with E-state index in [4.69, 9.17) is 20.8 Å². The van der Waals surface area contributed by atoms with Crippen molar-refractivity contribution < 1.29 is 13.9 Å². The molecule has 3 aromatic rings. The summed E-state index contributed by atoms with van der Waals surface area (Å²) >= 11 is 10.3. The number of nitrogens with zero attached hydrogens (tertiary/aromatic N) is 2. The lowest BCUT2D eigenvalue weighted by Gasteiger charge is -2.03. The average molecular weight is 455 g/mol. The van der Waals surface area contributed by atoms with E-state index in [1.165, 1.54) is 0 Å². The van der Waals surface area contributed by atoms with E-state index in [1.807, 2.05) is 24.3 Å². The van der Waals surface area contributed by atoms with Crippen LogP contribution in [0.4, 0.5) is 5.69 Å². The van der Waals surface area contributed by atoms with E-state index in [0.29, 0.717) is 21.9 Å². The number of amides is 1. The molecule has 6 nitrogen and oxygen atoms in total. The third-order valence-electron chi connectivity index (χ3n) is 3.08. The van der Waals surface area contributed by atoms with Crippen LogP contribution in [0.3, 0.4) is 0 Å². The van der Waals surface area contributed by atoms with Gasteiger partial charge in [-0.3, -0.25) is 4.79 Å². The molecule has 0 saturated heterocycles. The second-order valence-electron chi connectivity index (χ2n) is 5.05. The van der Waals surface area contributed by atoms with E-state index >= 15 is 0 Å². The molecule has 1 heterocycles. The lowest BCUT2D eigenvalue weighted by molar-refractivity contribution is -0.113. The van der Waals surface area contributed by atoms with Crippen molar-refractivity contribution >= 4 is 50.9 Å². The van der Waals surface area contributed by atoms with Crippen molar-refractivity contribution in [3.8, 4) is 5.75 Å². The van der Waals surface area contributed by atoms with Crippen LogP contribution in [0.25, 0.3) is 0 Å². The predicted octanol–water partition coefficient (Wildman–Crippen LogP) is 4.80. The Kier molecular flexibility index (Phi) is 6.54. The van der Waals surface area contributed by atoms with Crippen LogP contribution >= 0.6 is 39.3 Å². The molecule has 0 bridgehead atoms. The Labute approximate surface area is 167 Å². The van der Waals surface area contributed by atoms with Gasteiger partial charge in [-0.25, -0.2) is 0 Å². The minimum absolute atomic E-state index is 0.139. The molecule has 0 spiro atoms. The summed E-state index contributed by atoms with van der Waals surface area (Å²) < 4.78 is 11.9. The number of ether oxygens (including phenoxy) is 1. The largest absolute Gasteiger partial charge is 0.484 e. The van der Waals surface area contributed by atoms with Gasteiger partial charge in [0.25, 0.3) is 11.1 Å². The number of thioether (sulfide) groups is 1. The van der Waals surface area contributed by atoms with Gasteiger partial charge in [0.2, 0.25) is 5.91 Å². The summed E-state index contributed by atoms with van der Waals surface area (Å²) in [5.74, 6) is 0.983. The van der Waals surface area contributed by atoms with Gasteiger partial charge in [0, 0.05) is 15.2 Å². The number of halogens is 2. The quantitative estimate of drug-likeness (QED) is 0.517. The summed E-state index contributed by atoms with van der Waals surface area (Å²) in [5, 5.41) is 11.5. The van der Waals surface area contributed by atoms with Crippen LogP contribution in [0.1, 0.15) is 5.89 Å². The number of anilines is 1. The molecule has 2 aromatic carbocycles. The first-order valence-corrected chi connectivity index (χ1v) is 9.63. The molecule has 3 rings (SSSR count). The number of rotatable bonds is 7. The number of hydrogen-bond donors (Lipinski definition) is 1. The fourth-order valence-corrected chi connectivity index (χ4v) is 2.86. The molecule has 0 saturated carbocycles.